The number of hydrogen-bond acceptors (Lipinski definition) is 5. The average Bonchev–Trinajstić information content (AvgIpc) is 3.27. The van der Waals surface area contributed by atoms with Crippen molar-refractivity contribution in [1.29, 1.82) is 0 Å². The Balaban J connectivity index is 1.66. The van der Waals surface area contributed by atoms with Crippen LogP contribution < -0.4 is 26.6 Å². The number of primary amides is 1. The molecule has 4 amide bonds. The van der Waals surface area contributed by atoms with Gasteiger partial charge in [-0.05, 0) is 42.0 Å². The number of para-hydroxylation sites is 1. The zero-order chi connectivity index (χ0) is 21.3. The van der Waals surface area contributed by atoms with Gasteiger partial charge in [-0.2, -0.15) is 0 Å². The lowest BCUT2D eigenvalue weighted by molar-refractivity contribution is -0.122. The van der Waals surface area contributed by atoms with Gasteiger partial charge in [-0.3, -0.25) is 20.4 Å². The maximum atomic E-state index is 12.3. The van der Waals surface area contributed by atoms with E-state index in [-0.39, 0.29) is 12.2 Å². The SMILES string of the molecule is NC(=O)NC(CC(=O)NNC(=O)c1ccco1)c1cccc(Oc2ccccc2)c1. The first-order chi connectivity index (χ1) is 14.5. The van der Waals surface area contributed by atoms with Crippen molar-refractivity contribution >= 4 is 17.8 Å². The van der Waals surface area contributed by atoms with Gasteiger partial charge >= 0.3 is 11.9 Å². The van der Waals surface area contributed by atoms with E-state index in [1.54, 1.807) is 42.5 Å². The van der Waals surface area contributed by atoms with Gasteiger partial charge in [0.15, 0.2) is 5.76 Å². The van der Waals surface area contributed by atoms with E-state index in [0.717, 1.165) is 0 Å². The fourth-order valence-corrected chi connectivity index (χ4v) is 2.68. The van der Waals surface area contributed by atoms with Crippen LogP contribution in [0.5, 0.6) is 11.5 Å². The van der Waals surface area contributed by atoms with Crippen LogP contribution in [-0.2, 0) is 4.79 Å². The second kappa shape index (κ2) is 9.78. The molecule has 0 saturated heterocycles. The third-order valence-electron chi connectivity index (χ3n) is 4.01. The van der Waals surface area contributed by atoms with Gasteiger partial charge in [-0.25, -0.2) is 4.79 Å². The van der Waals surface area contributed by atoms with Crippen molar-refractivity contribution in [2.45, 2.75) is 12.5 Å². The Kier molecular flexibility index (Phi) is 6.67. The first kappa shape index (κ1) is 20.5. The molecule has 154 valence electrons. The molecule has 3 aromatic rings. The zero-order valence-corrected chi connectivity index (χ0v) is 15.8. The maximum absolute atomic E-state index is 12.3. The number of benzene rings is 2. The quantitative estimate of drug-likeness (QED) is 0.446. The predicted molar refractivity (Wildman–Crippen MR) is 107 cm³/mol. The molecule has 0 bridgehead atoms. The summed E-state index contributed by atoms with van der Waals surface area (Å²) in [7, 11) is 0. The molecule has 1 heterocycles. The molecule has 5 N–H and O–H groups in total. The Labute approximate surface area is 172 Å². The normalized spacial score (nSPS) is 11.2. The maximum Gasteiger partial charge on any atom is 0.312 e. The molecule has 0 aliphatic heterocycles. The highest BCUT2D eigenvalue weighted by Crippen LogP contribution is 2.25. The molecule has 9 nitrogen and oxygen atoms in total. The fraction of sp³-hybridized carbons (Fsp3) is 0.0952. The number of rotatable bonds is 7. The number of carbonyl (C=O) groups is 3. The number of amides is 4. The molecule has 3 rings (SSSR count). The second-order valence-electron chi connectivity index (χ2n) is 6.23. The number of nitrogens with one attached hydrogen (secondary N) is 3. The Morgan fingerprint density at radius 2 is 1.70 bits per heavy atom. The molecule has 1 aromatic heterocycles. The molecule has 0 fully saturated rings. The van der Waals surface area contributed by atoms with Crippen LogP contribution in [0.15, 0.2) is 77.4 Å². The standard InChI is InChI=1S/C21H20N4O5/c22-21(28)23-17(13-19(26)24-25-20(27)18-10-5-11-29-18)14-6-4-9-16(12-14)30-15-7-2-1-3-8-15/h1-12,17H,13H2,(H,24,26)(H,25,27)(H3,22,23,28). The van der Waals surface area contributed by atoms with E-state index < -0.39 is 23.9 Å². The molecular weight excluding hydrogens is 388 g/mol. The number of nitrogens with two attached hydrogens (primary N) is 1. The van der Waals surface area contributed by atoms with Gasteiger partial charge in [0, 0.05) is 0 Å². The van der Waals surface area contributed by atoms with E-state index in [9.17, 15) is 14.4 Å². The molecule has 0 radical (unpaired) electrons. The molecule has 0 aliphatic rings. The van der Waals surface area contributed by atoms with Crippen LogP contribution in [0.2, 0.25) is 0 Å². The lowest BCUT2D eigenvalue weighted by Gasteiger charge is -2.18. The highest BCUT2D eigenvalue weighted by molar-refractivity contribution is 5.93. The molecule has 0 saturated carbocycles. The second-order valence-corrected chi connectivity index (χ2v) is 6.23. The van der Waals surface area contributed by atoms with Crippen molar-refractivity contribution in [2.24, 2.45) is 5.73 Å². The van der Waals surface area contributed by atoms with Crippen molar-refractivity contribution in [3.63, 3.8) is 0 Å². The van der Waals surface area contributed by atoms with Crippen LogP contribution in [0.4, 0.5) is 4.79 Å². The van der Waals surface area contributed by atoms with Crippen LogP contribution in [0.1, 0.15) is 28.6 Å². The average molecular weight is 408 g/mol. The Hall–Kier alpha value is -4.27. The van der Waals surface area contributed by atoms with Crippen LogP contribution in [0.25, 0.3) is 0 Å². The van der Waals surface area contributed by atoms with Gasteiger partial charge in [0.25, 0.3) is 0 Å². The largest absolute Gasteiger partial charge is 0.459 e. The summed E-state index contributed by atoms with van der Waals surface area (Å²) in [6.45, 7) is 0. The van der Waals surface area contributed by atoms with Gasteiger partial charge in [0.2, 0.25) is 5.91 Å². The summed E-state index contributed by atoms with van der Waals surface area (Å²) >= 11 is 0. The van der Waals surface area contributed by atoms with Gasteiger partial charge in [0.05, 0.1) is 18.7 Å². The third-order valence-corrected chi connectivity index (χ3v) is 4.01. The number of furan rings is 1. The minimum Gasteiger partial charge on any atom is -0.459 e. The van der Waals surface area contributed by atoms with Gasteiger partial charge in [-0.15, -0.1) is 0 Å². The van der Waals surface area contributed by atoms with Crippen molar-refractivity contribution in [3.8, 4) is 11.5 Å². The Morgan fingerprint density at radius 1 is 0.933 bits per heavy atom. The zero-order valence-electron chi connectivity index (χ0n) is 15.8. The Bertz CT molecular complexity index is 1010. The summed E-state index contributed by atoms with van der Waals surface area (Å²) in [5.74, 6) is 0.0795. The van der Waals surface area contributed by atoms with Gasteiger partial charge < -0.3 is 20.2 Å². The third kappa shape index (κ3) is 5.86. The van der Waals surface area contributed by atoms with E-state index in [0.29, 0.717) is 17.1 Å². The highest BCUT2D eigenvalue weighted by atomic mass is 16.5. The summed E-state index contributed by atoms with van der Waals surface area (Å²) in [6.07, 6.45) is 1.17. The monoisotopic (exact) mass is 408 g/mol. The summed E-state index contributed by atoms with van der Waals surface area (Å²) in [4.78, 5) is 35.5. The smallest absolute Gasteiger partial charge is 0.312 e. The predicted octanol–water partition coefficient (Wildman–Crippen LogP) is 2.63. The van der Waals surface area contributed by atoms with Gasteiger partial charge in [0.1, 0.15) is 11.5 Å². The van der Waals surface area contributed by atoms with Crippen molar-refractivity contribution in [1.82, 2.24) is 16.2 Å². The fourth-order valence-electron chi connectivity index (χ4n) is 2.68. The Morgan fingerprint density at radius 3 is 2.40 bits per heavy atom. The van der Waals surface area contributed by atoms with Crippen LogP contribution >= 0.6 is 0 Å². The molecule has 9 heteroatoms. The molecule has 0 spiro atoms. The van der Waals surface area contributed by atoms with Crippen LogP contribution in [0, 0.1) is 0 Å². The van der Waals surface area contributed by atoms with E-state index in [1.165, 1.54) is 12.3 Å². The summed E-state index contributed by atoms with van der Waals surface area (Å²) in [5.41, 5.74) is 10.4. The highest BCUT2D eigenvalue weighted by Gasteiger charge is 2.19. The number of hydrazine groups is 1. The topological polar surface area (TPSA) is 136 Å². The molecule has 30 heavy (non-hydrogen) atoms. The van der Waals surface area contributed by atoms with E-state index in [1.807, 2.05) is 18.2 Å². The van der Waals surface area contributed by atoms with Gasteiger partial charge in [-0.1, -0.05) is 30.3 Å². The lowest BCUT2D eigenvalue weighted by atomic mass is 10.0. The van der Waals surface area contributed by atoms with E-state index in [4.69, 9.17) is 14.9 Å². The molecular formula is C21H20N4O5. The summed E-state index contributed by atoms with van der Waals surface area (Å²) in [6, 6.07) is 17.6. The number of hydrogen-bond donors (Lipinski definition) is 4. The number of carbonyl (C=O) groups excluding carboxylic acids is 3. The summed E-state index contributed by atoms with van der Waals surface area (Å²) in [5, 5.41) is 2.52. The number of ether oxygens (including phenoxy) is 1. The molecule has 0 aliphatic carbocycles. The van der Waals surface area contributed by atoms with E-state index in [2.05, 4.69) is 16.2 Å². The minimum atomic E-state index is -0.790. The van der Waals surface area contributed by atoms with Crippen molar-refractivity contribution < 1.29 is 23.5 Å². The first-order valence-electron chi connectivity index (χ1n) is 9.03. The van der Waals surface area contributed by atoms with Crippen molar-refractivity contribution in [3.05, 3.63) is 84.3 Å². The lowest BCUT2D eigenvalue weighted by Crippen LogP contribution is -2.43. The molecule has 1 unspecified atom stereocenters. The molecule has 1 atom stereocenters. The summed E-state index contributed by atoms with van der Waals surface area (Å²) < 4.78 is 10.7. The van der Waals surface area contributed by atoms with Crippen molar-refractivity contribution in [2.75, 3.05) is 0 Å². The number of urea groups is 1. The molecule has 2 aromatic carbocycles. The minimum absolute atomic E-state index is 0.0490. The van der Waals surface area contributed by atoms with E-state index >= 15 is 0 Å². The first-order valence-corrected chi connectivity index (χ1v) is 9.03. The van der Waals surface area contributed by atoms with Crippen LogP contribution in [0.3, 0.4) is 0 Å². The van der Waals surface area contributed by atoms with Crippen LogP contribution in [-0.4, -0.2) is 17.8 Å².